The third kappa shape index (κ3) is 5.80. The zero-order valence-corrected chi connectivity index (χ0v) is 13.9. The van der Waals surface area contributed by atoms with Crippen LogP contribution in [0.25, 0.3) is 0 Å². The molecule has 2 atom stereocenters. The molecule has 2 amide bonds. The number of hydrogen-bond donors (Lipinski definition) is 3. The van der Waals surface area contributed by atoms with Gasteiger partial charge >= 0.3 is 0 Å². The van der Waals surface area contributed by atoms with Crippen LogP contribution in [-0.4, -0.2) is 17.9 Å². The van der Waals surface area contributed by atoms with Crippen molar-refractivity contribution in [1.29, 1.82) is 0 Å². The standard InChI is InChI=1S/C16H22FN3O2.ClH/c1-10(21)19-15-9-12(6-7-13(15)17)20-16(22)8-11-4-2-3-5-14(11)18;/h6-7,9,11,14H,2-5,8,18H2,1H3,(H,19,21)(H,20,22);1H. The minimum Gasteiger partial charge on any atom is -0.327 e. The molecular weight excluding hydrogens is 321 g/mol. The molecule has 2 unspecified atom stereocenters. The molecule has 1 aromatic carbocycles. The first kappa shape index (κ1) is 19.4. The van der Waals surface area contributed by atoms with E-state index in [9.17, 15) is 14.0 Å². The van der Waals surface area contributed by atoms with E-state index in [1.54, 1.807) is 0 Å². The summed E-state index contributed by atoms with van der Waals surface area (Å²) in [6.07, 6.45) is 4.52. The molecule has 5 nitrogen and oxygen atoms in total. The molecule has 1 aliphatic rings. The van der Waals surface area contributed by atoms with Crippen LogP contribution in [0.15, 0.2) is 18.2 Å². The number of nitrogens with two attached hydrogens (primary N) is 1. The van der Waals surface area contributed by atoms with Crippen molar-refractivity contribution in [2.45, 2.75) is 45.1 Å². The molecule has 0 aliphatic heterocycles. The smallest absolute Gasteiger partial charge is 0.224 e. The largest absolute Gasteiger partial charge is 0.327 e. The molecule has 0 spiro atoms. The number of hydrogen-bond acceptors (Lipinski definition) is 3. The maximum atomic E-state index is 13.5. The Hall–Kier alpha value is -1.66. The number of amides is 2. The Morgan fingerprint density at radius 3 is 2.61 bits per heavy atom. The van der Waals surface area contributed by atoms with Gasteiger partial charge in [0.2, 0.25) is 11.8 Å². The summed E-state index contributed by atoms with van der Waals surface area (Å²) >= 11 is 0. The monoisotopic (exact) mass is 343 g/mol. The summed E-state index contributed by atoms with van der Waals surface area (Å²) in [5.41, 5.74) is 6.56. The minimum absolute atomic E-state index is 0. The van der Waals surface area contributed by atoms with Crippen molar-refractivity contribution >= 4 is 35.6 Å². The fourth-order valence-corrected chi connectivity index (χ4v) is 2.83. The number of carbonyl (C=O) groups is 2. The predicted molar refractivity (Wildman–Crippen MR) is 91.1 cm³/mol. The van der Waals surface area contributed by atoms with Gasteiger partial charge in [-0.25, -0.2) is 4.39 Å². The fraction of sp³-hybridized carbons (Fsp3) is 0.500. The molecule has 4 N–H and O–H groups in total. The van der Waals surface area contributed by atoms with Gasteiger partial charge in [0.15, 0.2) is 0 Å². The molecule has 7 heteroatoms. The van der Waals surface area contributed by atoms with Crippen LogP contribution < -0.4 is 16.4 Å². The number of rotatable bonds is 4. The number of anilines is 2. The summed E-state index contributed by atoms with van der Waals surface area (Å²) in [5, 5.41) is 5.13. The zero-order valence-electron chi connectivity index (χ0n) is 13.1. The molecule has 128 valence electrons. The number of carbonyl (C=O) groups excluding carboxylic acids is 2. The van der Waals surface area contributed by atoms with Crippen LogP contribution >= 0.6 is 12.4 Å². The van der Waals surface area contributed by atoms with E-state index < -0.39 is 5.82 Å². The normalized spacial score (nSPS) is 20.3. The molecule has 1 fully saturated rings. The summed E-state index contributed by atoms with van der Waals surface area (Å²) in [5.74, 6) is -0.843. The van der Waals surface area contributed by atoms with Crippen LogP contribution in [0.5, 0.6) is 0 Å². The Balaban J connectivity index is 0.00000264. The van der Waals surface area contributed by atoms with Crippen molar-refractivity contribution < 1.29 is 14.0 Å². The highest BCUT2D eigenvalue weighted by Gasteiger charge is 2.24. The van der Waals surface area contributed by atoms with Crippen molar-refractivity contribution in [3.05, 3.63) is 24.0 Å². The van der Waals surface area contributed by atoms with E-state index in [0.717, 1.165) is 25.7 Å². The van der Waals surface area contributed by atoms with E-state index in [1.165, 1.54) is 25.1 Å². The number of halogens is 2. The van der Waals surface area contributed by atoms with Crippen LogP contribution in [0.3, 0.4) is 0 Å². The lowest BCUT2D eigenvalue weighted by Crippen LogP contribution is -2.35. The van der Waals surface area contributed by atoms with Gasteiger partial charge in [0.05, 0.1) is 5.69 Å². The van der Waals surface area contributed by atoms with Crippen molar-refractivity contribution in [2.75, 3.05) is 10.6 Å². The lowest BCUT2D eigenvalue weighted by molar-refractivity contribution is -0.117. The van der Waals surface area contributed by atoms with Crippen LogP contribution in [0.2, 0.25) is 0 Å². The Kier molecular flexibility index (Phi) is 7.45. The lowest BCUT2D eigenvalue weighted by atomic mass is 9.83. The highest BCUT2D eigenvalue weighted by Crippen LogP contribution is 2.26. The van der Waals surface area contributed by atoms with Crippen LogP contribution in [0, 0.1) is 11.7 Å². The van der Waals surface area contributed by atoms with E-state index >= 15 is 0 Å². The Bertz CT molecular complexity index is 568. The average Bonchev–Trinajstić information content (AvgIpc) is 2.44. The molecule has 23 heavy (non-hydrogen) atoms. The van der Waals surface area contributed by atoms with Crippen molar-refractivity contribution in [3.63, 3.8) is 0 Å². The molecular formula is C16H23ClFN3O2. The first-order chi connectivity index (χ1) is 10.5. The molecule has 0 radical (unpaired) electrons. The molecule has 1 saturated carbocycles. The van der Waals surface area contributed by atoms with Crippen molar-refractivity contribution in [3.8, 4) is 0 Å². The Morgan fingerprint density at radius 1 is 1.26 bits per heavy atom. The van der Waals surface area contributed by atoms with Gasteiger partial charge in [-0.15, -0.1) is 12.4 Å². The first-order valence-corrected chi connectivity index (χ1v) is 7.58. The summed E-state index contributed by atoms with van der Waals surface area (Å²) in [7, 11) is 0. The van der Waals surface area contributed by atoms with Crippen LogP contribution in [-0.2, 0) is 9.59 Å². The van der Waals surface area contributed by atoms with Gasteiger partial charge in [0.1, 0.15) is 5.82 Å². The van der Waals surface area contributed by atoms with Crippen molar-refractivity contribution in [1.82, 2.24) is 0 Å². The summed E-state index contributed by atoms with van der Waals surface area (Å²) in [6.45, 7) is 1.30. The van der Waals surface area contributed by atoms with Crippen LogP contribution in [0.4, 0.5) is 15.8 Å². The molecule has 0 bridgehead atoms. The third-order valence-electron chi connectivity index (χ3n) is 3.98. The number of nitrogens with one attached hydrogen (secondary N) is 2. The first-order valence-electron chi connectivity index (χ1n) is 7.58. The molecule has 0 aromatic heterocycles. The molecule has 2 rings (SSSR count). The van der Waals surface area contributed by atoms with Gasteiger partial charge in [0.25, 0.3) is 0 Å². The van der Waals surface area contributed by atoms with Gasteiger partial charge < -0.3 is 16.4 Å². The Labute approximate surface area is 141 Å². The van der Waals surface area contributed by atoms with Gasteiger partial charge in [-0.1, -0.05) is 12.8 Å². The van der Waals surface area contributed by atoms with E-state index in [1.807, 2.05) is 0 Å². The van der Waals surface area contributed by atoms with E-state index in [-0.39, 0.29) is 41.9 Å². The minimum atomic E-state index is -0.539. The maximum absolute atomic E-state index is 13.5. The quantitative estimate of drug-likeness (QED) is 0.785. The Morgan fingerprint density at radius 2 is 1.96 bits per heavy atom. The van der Waals surface area contributed by atoms with E-state index in [2.05, 4.69) is 10.6 Å². The van der Waals surface area contributed by atoms with Gasteiger partial charge in [-0.3, -0.25) is 9.59 Å². The topological polar surface area (TPSA) is 84.2 Å². The number of benzene rings is 1. The second-order valence-corrected chi connectivity index (χ2v) is 5.84. The molecule has 0 saturated heterocycles. The highest BCUT2D eigenvalue weighted by molar-refractivity contribution is 5.93. The molecule has 1 aliphatic carbocycles. The fourth-order valence-electron chi connectivity index (χ4n) is 2.83. The second kappa shape index (κ2) is 8.84. The van der Waals surface area contributed by atoms with Crippen molar-refractivity contribution in [2.24, 2.45) is 11.7 Å². The maximum Gasteiger partial charge on any atom is 0.224 e. The van der Waals surface area contributed by atoms with Gasteiger partial charge in [0, 0.05) is 25.1 Å². The van der Waals surface area contributed by atoms with Gasteiger partial charge in [-0.05, 0) is 37.0 Å². The highest BCUT2D eigenvalue weighted by atomic mass is 35.5. The summed E-state index contributed by atoms with van der Waals surface area (Å²) in [4.78, 5) is 23.1. The zero-order chi connectivity index (χ0) is 16.1. The average molecular weight is 344 g/mol. The summed E-state index contributed by atoms with van der Waals surface area (Å²) in [6, 6.07) is 4.17. The second-order valence-electron chi connectivity index (χ2n) is 5.84. The van der Waals surface area contributed by atoms with E-state index in [0.29, 0.717) is 12.1 Å². The predicted octanol–water partition coefficient (Wildman–Crippen LogP) is 3.05. The molecule has 0 heterocycles. The third-order valence-corrected chi connectivity index (χ3v) is 3.98. The lowest BCUT2D eigenvalue weighted by Gasteiger charge is -2.27. The van der Waals surface area contributed by atoms with E-state index in [4.69, 9.17) is 5.73 Å². The SMILES string of the molecule is CC(=O)Nc1cc(NC(=O)CC2CCCCC2N)ccc1F.Cl. The van der Waals surface area contributed by atoms with Crippen LogP contribution in [0.1, 0.15) is 39.0 Å². The summed E-state index contributed by atoms with van der Waals surface area (Å²) < 4.78 is 13.5. The van der Waals surface area contributed by atoms with Gasteiger partial charge in [-0.2, -0.15) is 0 Å². The molecule has 1 aromatic rings.